The van der Waals surface area contributed by atoms with Crippen LogP contribution >= 0.6 is 0 Å². The lowest BCUT2D eigenvalue weighted by atomic mass is 10.1. The van der Waals surface area contributed by atoms with Crippen LogP contribution in [0.2, 0.25) is 0 Å². The molecule has 0 radical (unpaired) electrons. The Hall–Kier alpha value is -2.53. The third-order valence-electron chi connectivity index (χ3n) is 4.79. The Morgan fingerprint density at radius 3 is 2.56 bits per heavy atom. The van der Waals surface area contributed by atoms with E-state index in [-0.39, 0.29) is 11.9 Å². The van der Waals surface area contributed by atoms with Crippen molar-refractivity contribution < 1.29 is 19.2 Å². The summed E-state index contributed by atoms with van der Waals surface area (Å²) in [6, 6.07) is 11.8. The highest BCUT2D eigenvalue weighted by Gasteiger charge is 2.23. The molecule has 2 rings (SSSR count). The zero-order valence-corrected chi connectivity index (χ0v) is 17.2. The quantitative estimate of drug-likeness (QED) is 0.750. The fourth-order valence-electron chi connectivity index (χ4n) is 2.91. The van der Waals surface area contributed by atoms with Crippen molar-refractivity contribution in [2.24, 2.45) is 0 Å². The van der Waals surface area contributed by atoms with E-state index in [2.05, 4.69) is 5.32 Å². The molecule has 27 heavy (non-hydrogen) atoms. The topological polar surface area (TPSA) is 52.0 Å². The number of anilines is 1. The summed E-state index contributed by atoms with van der Waals surface area (Å²) in [5.41, 5.74) is 4.17. The number of hydrogen-bond acceptors (Lipinski definition) is 3. The van der Waals surface area contributed by atoms with Crippen molar-refractivity contribution in [3.63, 3.8) is 0 Å². The molecule has 0 saturated carbocycles. The van der Waals surface area contributed by atoms with E-state index in [1.807, 2.05) is 71.1 Å². The number of ether oxygens (including phenoxy) is 2. The van der Waals surface area contributed by atoms with Gasteiger partial charge < -0.3 is 19.7 Å². The maximum atomic E-state index is 12.7. The zero-order valence-electron chi connectivity index (χ0n) is 17.2. The van der Waals surface area contributed by atoms with Gasteiger partial charge >= 0.3 is 0 Å². The number of aryl methyl sites for hydroxylation is 2. The van der Waals surface area contributed by atoms with Crippen LogP contribution in [-0.4, -0.2) is 32.7 Å². The summed E-state index contributed by atoms with van der Waals surface area (Å²) in [5.74, 6) is 1.47. The van der Waals surface area contributed by atoms with Gasteiger partial charge in [-0.15, -0.1) is 0 Å². The Morgan fingerprint density at radius 2 is 1.89 bits per heavy atom. The molecule has 0 saturated heterocycles. The van der Waals surface area contributed by atoms with E-state index < -0.39 is 0 Å². The predicted molar refractivity (Wildman–Crippen MR) is 109 cm³/mol. The van der Waals surface area contributed by atoms with Crippen LogP contribution in [-0.2, 0) is 11.3 Å². The van der Waals surface area contributed by atoms with Gasteiger partial charge in [-0.1, -0.05) is 12.1 Å². The van der Waals surface area contributed by atoms with Crippen LogP contribution in [0.1, 0.15) is 30.5 Å². The molecular formula is C22H31N2O3+. The first-order valence-electron chi connectivity index (χ1n) is 9.35. The molecule has 2 aromatic rings. The Bertz CT molecular complexity index is 789. The molecule has 2 aromatic carbocycles. The maximum absolute atomic E-state index is 12.7. The number of amides is 1. The van der Waals surface area contributed by atoms with Gasteiger partial charge in [-0.3, -0.25) is 4.79 Å². The molecule has 5 nitrogen and oxygen atoms in total. The highest BCUT2D eigenvalue weighted by atomic mass is 16.5. The number of carbonyl (C=O) groups is 1. The van der Waals surface area contributed by atoms with Crippen LogP contribution in [0.25, 0.3) is 0 Å². The van der Waals surface area contributed by atoms with Crippen molar-refractivity contribution in [1.82, 2.24) is 0 Å². The monoisotopic (exact) mass is 371 g/mol. The number of rotatable bonds is 8. The molecule has 0 heterocycles. The molecule has 5 heteroatoms. The molecule has 0 bridgehead atoms. The number of methoxy groups -OCH3 is 1. The fourth-order valence-corrected chi connectivity index (χ4v) is 2.91. The van der Waals surface area contributed by atoms with Crippen LogP contribution < -0.4 is 19.7 Å². The third-order valence-corrected chi connectivity index (χ3v) is 4.79. The van der Waals surface area contributed by atoms with E-state index in [0.717, 1.165) is 38.8 Å². The summed E-state index contributed by atoms with van der Waals surface area (Å²) >= 11 is 0. The minimum atomic E-state index is -0.192. The molecule has 2 N–H and O–H groups in total. The van der Waals surface area contributed by atoms with Crippen molar-refractivity contribution in [3.8, 4) is 11.5 Å². The lowest BCUT2D eigenvalue weighted by Gasteiger charge is -2.22. The van der Waals surface area contributed by atoms with Gasteiger partial charge in [0, 0.05) is 11.3 Å². The van der Waals surface area contributed by atoms with Gasteiger partial charge in [0.15, 0.2) is 17.5 Å². The summed E-state index contributed by atoms with van der Waals surface area (Å²) < 4.78 is 11.0. The van der Waals surface area contributed by atoms with Crippen molar-refractivity contribution in [3.05, 3.63) is 53.1 Å². The first-order chi connectivity index (χ1) is 12.8. The minimum absolute atomic E-state index is 0.0131. The number of likely N-dealkylation sites (N-methyl/N-ethyl adjacent to an activating group) is 1. The van der Waals surface area contributed by atoms with E-state index in [9.17, 15) is 4.79 Å². The molecule has 0 fully saturated rings. The van der Waals surface area contributed by atoms with Gasteiger partial charge in [-0.05, 0) is 63.1 Å². The summed E-state index contributed by atoms with van der Waals surface area (Å²) in [5, 5.41) is 3.06. The van der Waals surface area contributed by atoms with Gasteiger partial charge in [0.25, 0.3) is 5.91 Å². The van der Waals surface area contributed by atoms with Gasteiger partial charge in [0.2, 0.25) is 0 Å². The second-order valence-corrected chi connectivity index (χ2v) is 6.97. The molecular weight excluding hydrogens is 340 g/mol. The Kier molecular flexibility index (Phi) is 7.25. The lowest BCUT2D eigenvalue weighted by Crippen LogP contribution is -3.12. The first-order valence-corrected chi connectivity index (χ1v) is 9.35. The SMILES string of the molecule is CCOc1ccc(C[NH+](C)[C@@H](C)C(=O)Nc2cc(C)ccc2C)cc1OC. The maximum Gasteiger partial charge on any atom is 0.282 e. The molecule has 0 aliphatic carbocycles. The molecule has 0 aromatic heterocycles. The number of benzene rings is 2. The van der Waals surface area contributed by atoms with Crippen molar-refractivity contribution >= 4 is 11.6 Å². The molecule has 1 amide bonds. The second-order valence-electron chi connectivity index (χ2n) is 6.97. The van der Waals surface area contributed by atoms with Crippen LogP contribution in [0.4, 0.5) is 5.69 Å². The summed E-state index contributed by atoms with van der Waals surface area (Å²) in [7, 11) is 3.66. The first kappa shape index (κ1) is 20.8. The van der Waals surface area contributed by atoms with E-state index >= 15 is 0 Å². The van der Waals surface area contributed by atoms with Crippen LogP contribution in [0.5, 0.6) is 11.5 Å². The molecule has 0 aliphatic rings. The van der Waals surface area contributed by atoms with Crippen LogP contribution in [0, 0.1) is 13.8 Å². The van der Waals surface area contributed by atoms with Gasteiger partial charge in [0.05, 0.1) is 20.8 Å². The van der Waals surface area contributed by atoms with E-state index in [0.29, 0.717) is 13.2 Å². The van der Waals surface area contributed by atoms with Gasteiger partial charge in [-0.25, -0.2) is 0 Å². The summed E-state index contributed by atoms with van der Waals surface area (Å²) in [6.07, 6.45) is 0. The molecule has 0 aliphatic heterocycles. The number of quaternary nitrogens is 1. The highest BCUT2D eigenvalue weighted by molar-refractivity contribution is 5.94. The Morgan fingerprint density at radius 1 is 1.15 bits per heavy atom. The van der Waals surface area contributed by atoms with Crippen LogP contribution in [0.3, 0.4) is 0 Å². The average Bonchev–Trinajstić information content (AvgIpc) is 2.65. The van der Waals surface area contributed by atoms with Gasteiger partial charge in [0.1, 0.15) is 6.54 Å². The molecule has 2 atom stereocenters. The highest BCUT2D eigenvalue weighted by Crippen LogP contribution is 2.27. The normalized spacial score (nSPS) is 13.0. The van der Waals surface area contributed by atoms with Gasteiger partial charge in [-0.2, -0.15) is 0 Å². The Balaban J connectivity index is 2.05. The fraction of sp³-hybridized carbons (Fsp3) is 0.409. The van der Waals surface area contributed by atoms with Crippen LogP contribution in [0.15, 0.2) is 36.4 Å². The zero-order chi connectivity index (χ0) is 20.0. The largest absolute Gasteiger partial charge is 0.493 e. The van der Waals surface area contributed by atoms with E-state index in [1.54, 1.807) is 7.11 Å². The minimum Gasteiger partial charge on any atom is -0.493 e. The lowest BCUT2D eigenvalue weighted by molar-refractivity contribution is -0.907. The van der Waals surface area contributed by atoms with E-state index in [1.165, 1.54) is 0 Å². The predicted octanol–water partition coefficient (Wildman–Crippen LogP) is 2.75. The second kappa shape index (κ2) is 9.42. The third kappa shape index (κ3) is 5.47. The standard InChI is InChI=1S/C22H30N2O3/c1-7-27-20-11-10-18(13-21(20)26-6)14-24(5)17(4)22(25)23-19-12-15(2)8-9-16(19)3/h8-13,17H,7,14H2,1-6H3,(H,23,25)/p+1/t17-/m0/s1. The Labute approximate surface area is 162 Å². The number of nitrogens with one attached hydrogen (secondary N) is 2. The molecule has 146 valence electrons. The van der Waals surface area contributed by atoms with Crippen molar-refractivity contribution in [1.29, 1.82) is 0 Å². The number of carbonyl (C=O) groups excluding carboxylic acids is 1. The smallest absolute Gasteiger partial charge is 0.282 e. The molecule has 1 unspecified atom stereocenters. The molecule has 0 spiro atoms. The van der Waals surface area contributed by atoms with Crippen molar-refractivity contribution in [2.45, 2.75) is 40.3 Å². The summed E-state index contributed by atoms with van der Waals surface area (Å²) in [4.78, 5) is 13.8. The summed E-state index contributed by atoms with van der Waals surface area (Å²) in [6.45, 7) is 9.22. The van der Waals surface area contributed by atoms with E-state index in [4.69, 9.17) is 9.47 Å². The number of hydrogen-bond donors (Lipinski definition) is 2. The van der Waals surface area contributed by atoms with Crippen molar-refractivity contribution in [2.75, 3.05) is 26.1 Å². The average molecular weight is 372 g/mol.